The number of hydrogen-bond acceptors (Lipinski definition) is 6. The van der Waals surface area contributed by atoms with Crippen molar-refractivity contribution in [3.05, 3.63) is 60.2 Å². The molecule has 3 aromatic rings. The Morgan fingerprint density at radius 2 is 2.04 bits per heavy atom. The van der Waals surface area contributed by atoms with E-state index < -0.39 is 0 Å². The standard InChI is InChI=1S/C18H18FN5O/c1-12-4-5-14(9-15(12)19)22-17-10-16(13-3-2-6-20-11-13)23-18(24-17)21-7-8-25/h2-6,9-11,25H,7-8H2,1H3,(H2,21,22,23,24). The van der Waals surface area contributed by atoms with E-state index in [0.717, 1.165) is 5.56 Å². The average Bonchev–Trinajstić information content (AvgIpc) is 2.63. The van der Waals surface area contributed by atoms with E-state index in [2.05, 4.69) is 25.6 Å². The molecular formula is C18H18FN5O. The molecule has 3 rings (SSSR count). The minimum absolute atomic E-state index is 0.0353. The van der Waals surface area contributed by atoms with Gasteiger partial charge in [0.1, 0.15) is 11.6 Å². The Kier molecular flexibility index (Phi) is 5.15. The van der Waals surface area contributed by atoms with Crippen LogP contribution in [0.5, 0.6) is 0 Å². The minimum Gasteiger partial charge on any atom is -0.395 e. The van der Waals surface area contributed by atoms with Crippen LogP contribution < -0.4 is 10.6 Å². The fraction of sp³-hybridized carbons (Fsp3) is 0.167. The average molecular weight is 339 g/mol. The molecule has 0 bridgehead atoms. The van der Waals surface area contributed by atoms with Gasteiger partial charge in [-0.25, -0.2) is 9.37 Å². The summed E-state index contributed by atoms with van der Waals surface area (Å²) in [4.78, 5) is 12.9. The largest absolute Gasteiger partial charge is 0.395 e. The van der Waals surface area contributed by atoms with E-state index in [9.17, 15) is 4.39 Å². The number of aromatic nitrogens is 3. The number of anilines is 3. The lowest BCUT2D eigenvalue weighted by Crippen LogP contribution is -2.10. The van der Waals surface area contributed by atoms with Gasteiger partial charge in [0.25, 0.3) is 0 Å². The molecule has 0 spiro atoms. The third-order valence-corrected chi connectivity index (χ3v) is 3.52. The van der Waals surface area contributed by atoms with Crippen LogP contribution in [0.25, 0.3) is 11.3 Å². The van der Waals surface area contributed by atoms with Crippen LogP contribution in [0.3, 0.4) is 0 Å². The second-order valence-corrected chi connectivity index (χ2v) is 5.44. The zero-order valence-electron chi connectivity index (χ0n) is 13.7. The molecule has 0 radical (unpaired) electrons. The summed E-state index contributed by atoms with van der Waals surface area (Å²) in [5.74, 6) is 0.591. The van der Waals surface area contributed by atoms with Gasteiger partial charge in [-0.05, 0) is 36.8 Å². The molecular weight excluding hydrogens is 321 g/mol. The Hall–Kier alpha value is -3.06. The van der Waals surface area contributed by atoms with E-state index in [1.165, 1.54) is 6.07 Å². The minimum atomic E-state index is -0.287. The molecule has 128 valence electrons. The first-order chi connectivity index (χ1) is 12.2. The number of aliphatic hydroxyl groups excluding tert-OH is 1. The zero-order valence-corrected chi connectivity index (χ0v) is 13.7. The van der Waals surface area contributed by atoms with Crippen LogP contribution >= 0.6 is 0 Å². The predicted molar refractivity (Wildman–Crippen MR) is 95.3 cm³/mol. The molecule has 3 N–H and O–H groups in total. The third kappa shape index (κ3) is 4.27. The number of aliphatic hydroxyl groups is 1. The number of halogens is 1. The molecule has 0 aliphatic heterocycles. The van der Waals surface area contributed by atoms with Crippen molar-refractivity contribution in [3.63, 3.8) is 0 Å². The van der Waals surface area contributed by atoms with Crippen LogP contribution in [-0.4, -0.2) is 33.2 Å². The summed E-state index contributed by atoms with van der Waals surface area (Å²) in [6.07, 6.45) is 3.39. The van der Waals surface area contributed by atoms with Gasteiger partial charge in [0.2, 0.25) is 5.95 Å². The first-order valence-electron chi connectivity index (χ1n) is 7.83. The fourth-order valence-corrected chi connectivity index (χ4v) is 2.24. The van der Waals surface area contributed by atoms with E-state index in [0.29, 0.717) is 35.3 Å². The number of pyridine rings is 1. The van der Waals surface area contributed by atoms with Crippen LogP contribution in [0.15, 0.2) is 48.8 Å². The van der Waals surface area contributed by atoms with Crippen molar-refractivity contribution in [2.75, 3.05) is 23.8 Å². The quantitative estimate of drug-likeness (QED) is 0.640. The van der Waals surface area contributed by atoms with Gasteiger partial charge in [0, 0.05) is 36.3 Å². The highest BCUT2D eigenvalue weighted by atomic mass is 19.1. The summed E-state index contributed by atoms with van der Waals surface area (Å²) >= 11 is 0. The highest BCUT2D eigenvalue weighted by molar-refractivity contribution is 5.67. The molecule has 0 amide bonds. The van der Waals surface area contributed by atoms with Crippen molar-refractivity contribution >= 4 is 17.5 Å². The van der Waals surface area contributed by atoms with Crippen molar-refractivity contribution in [2.45, 2.75) is 6.92 Å². The maximum absolute atomic E-state index is 13.8. The fourth-order valence-electron chi connectivity index (χ4n) is 2.24. The molecule has 7 heteroatoms. The van der Waals surface area contributed by atoms with Gasteiger partial charge >= 0.3 is 0 Å². The van der Waals surface area contributed by atoms with Crippen LogP contribution in [0.2, 0.25) is 0 Å². The van der Waals surface area contributed by atoms with E-state index in [1.54, 1.807) is 37.5 Å². The number of nitrogens with zero attached hydrogens (tertiary/aromatic N) is 3. The Labute approximate surface area is 144 Å². The van der Waals surface area contributed by atoms with E-state index in [-0.39, 0.29) is 12.4 Å². The predicted octanol–water partition coefficient (Wildman–Crippen LogP) is 3.13. The van der Waals surface area contributed by atoms with Crippen LogP contribution in [0.4, 0.5) is 21.8 Å². The summed E-state index contributed by atoms with van der Waals surface area (Å²) in [7, 11) is 0. The van der Waals surface area contributed by atoms with Gasteiger partial charge in [-0.1, -0.05) is 6.07 Å². The monoisotopic (exact) mass is 339 g/mol. The smallest absolute Gasteiger partial charge is 0.225 e. The van der Waals surface area contributed by atoms with Gasteiger partial charge in [0.15, 0.2) is 0 Å². The number of benzene rings is 1. The number of rotatable bonds is 6. The maximum Gasteiger partial charge on any atom is 0.225 e. The number of nitrogens with one attached hydrogen (secondary N) is 2. The Bertz CT molecular complexity index is 857. The lowest BCUT2D eigenvalue weighted by molar-refractivity contribution is 0.311. The second-order valence-electron chi connectivity index (χ2n) is 5.44. The van der Waals surface area contributed by atoms with Crippen molar-refractivity contribution in [1.29, 1.82) is 0 Å². The topological polar surface area (TPSA) is 83.0 Å². The molecule has 0 unspecified atom stereocenters. The van der Waals surface area contributed by atoms with Crippen LogP contribution in [0.1, 0.15) is 5.56 Å². The summed E-state index contributed by atoms with van der Waals surface area (Å²) < 4.78 is 13.8. The van der Waals surface area contributed by atoms with Gasteiger partial charge in [-0.15, -0.1) is 0 Å². The first-order valence-corrected chi connectivity index (χ1v) is 7.83. The van der Waals surface area contributed by atoms with Crippen molar-refractivity contribution in [2.24, 2.45) is 0 Å². The Morgan fingerprint density at radius 3 is 2.76 bits per heavy atom. The number of aryl methyl sites for hydroxylation is 1. The molecule has 1 aromatic carbocycles. The normalized spacial score (nSPS) is 10.5. The zero-order chi connectivity index (χ0) is 17.6. The summed E-state index contributed by atoms with van der Waals surface area (Å²) in [5, 5.41) is 15.0. The molecule has 0 aliphatic carbocycles. The second kappa shape index (κ2) is 7.67. The lowest BCUT2D eigenvalue weighted by Gasteiger charge is -2.11. The van der Waals surface area contributed by atoms with Crippen molar-refractivity contribution in [3.8, 4) is 11.3 Å². The molecule has 0 fully saturated rings. The summed E-state index contributed by atoms with van der Waals surface area (Å²) in [5.41, 5.74) is 2.66. The molecule has 2 aromatic heterocycles. The summed E-state index contributed by atoms with van der Waals surface area (Å²) in [6, 6.07) is 10.4. The van der Waals surface area contributed by atoms with Crippen molar-refractivity contribution < 1.29 is 9.50 Å². The SMILES string of the molecule is Cc1ccc(Nc2cc(-c3cccnc3)nc(NCCO)n2)cc1F. The molecule has 25 heavy (non-hydrogen) atoms. The highest BCUT2D eigenvalue weighted by Crippen LogP contribution is 2.24. The Balaban J connectivity index is 1.95. The third-order valence-electron chi connectivity index (χ3n) is 3.52. The lowest BCUT2D eigenvalue weighted by atomic mass is 10.2. The summed E-state index contributed by atoms with van der Waals surface area (Å²) in [6.45, 7) is 2.00. The Morgan fingerprint density at radius 1 is 1.16 bits per heavy atom. The van der Waals surface area contributed by atoms with Gasteiger partial charge in [-0.3, -0.25) is 4.98 Å². The van der Waals surface area contributed by atoms with E-state index >= 15 is 0 Å². The molecule has 0 saturated carbocycles. The number of hydrogen-bond donors (Lipinski definition) is 3. The van der Waals surface area contributed by atoms with E-state index in [4.69, 9.17) is 5.11 Å². The molecule has 6 nitrogen and oxygen atoms in total. The highest BCUT2D eigenvalue weighted by Gasteiger charge is 2.08. The van der Waals surface area contributed by atoms with Gasteiger partial charge in [-0.2, -0.15) is 4.98 Å². The molecule has 0 atom stereocenters. The molecule has 2 heterocycles. The van der Waals surface area contributed by atoms with Crippen molar-refractivity contribution in [1.82, 2.24) is 15.0 Å². The first kappa shape index (κ1) is 16.8. The van der Waals surface area contributed by atoms with Gasteiger partial charge in [0.05, 0.1) is 12.3 Å². The van der Waals surface area contributed by atoms with Crippen LogP contribution in [0, 0.1) is 12.7 Å². The van der Waals surface area contributed by atoms with Gasteiger partial charge < -0.3 is 15.7 Å². The van der Waals surface area contributed by atoms with E-state index in [1.807, 2.05) is 12.1 Å². The molecule has 0 saturated heterocycles. The maximum atomic E-state index is 13.8. The molecule has 0 aliphatic rings. The van der Waals surface area contributed by atoms with Crippen LogP contribution in [-0.2, 0) is 0 Å².